The monoisotopic (exact) mass is 449 g/mol. The summed E-state index contributed by atoms with van der Waals surface area (Å²) in [7, 11) is -3.61. The molecule has 0 radical (unpaired) electrons. The third-order valence-corrected chi connectivity index (χ3v) is 7.31. The number of carbonyl (C=O) groups excluding carboxylic acids is 1. The molecule has 6 nitrogen and oxygen atoms in total. The predicted molar refractivity (Wildman–Crippen MR) is 123 cm³/mol. The van der Waals surface area contributed by atoms with Gasteiger partial charge in [0.25, 0.3) is 15.9 Å². The highest BCUT2D eigenvalue weighted by Gasteiger charge is 2.15. The average Bonchev–Trinajstić information content (AvgIpc) is 3.32. The zero-order valence-corrected chi connectivity index (χ0v) is 18.0. The van der Waals surface area contributed by atoms with E-state index < -0.39 is 10.0 Å². The van der Waals surface area contributed by atoms with E-state index in [1.165, 1.54) is 11.6 Å². The summed E-state index contributed by atoms with van der Waals surface area (Å²) >= 11 is 1.14. The number of amides is 1. The SMILES string of the molecule is O=C(Nc1ccc(Cc2ccncc2)cc1)c1ccc(NS(=O)(=O)c2cccs2)cc1. The molecule has 0 saturated carbocycles. The molecule has 0 atom stereocenters. The van der Waals surface area contributed by atoms with Gasteiger partial charge in [-0.3, -0.25) is 14.5 Å². The van der Waals surface area contributed by atoms with E-state index in [-0.39, 0.29) is 10.1 Å². The van der Waals surface area contributed by atoms with Gasteiger partial charge in [-0.05, 0) is 77.5 Å². The number of nitrogens with zero attached hydrogens (tertiary/aromatic N) is 1. The van der Waals surface area contributed by atoms with Crippen molar-refractivity contribution in [2.75, 3.05) is 10.0 Å². The topological polar surface area (TPSA) is 88.2 Å². The number of sulfonamides is 1. The van der Waals surface area contributed by atoms with Crippen molar-refractivity contribution in [1.29, 1.82) is 0 Å². The molecule has 0 unspecified atom stereocenters. The first-order valence-electron chi connectivity index (χ1n) is 9.45. The summed E-state index contributed by atoms with van der Waals surface area (Å²) in [5.74, 6) is -0.269. The number of nitrogens with one attached hydrogen (secondary N) is 2. The Morgan fingerprint density at radius 2 is 1.48 bits per heavy atom. The summed E-state index contributed by atoms with van der Waals surface area (Å²) in [5.41, 5.74) is 3.81. The van der Waals surface area contributed by atoms with Crippen LogP contribution in [0, 0.1) is 0 Å². The van der Waals surface area contributed by atoms with Gasteiger partial charge in [0.2, 0.25) is 0 Å². The lowest BCUT2D eigenvalue weighted by Gasteiger charge is -2.09. The highest BCUT2D eigenvalue weighted by atomic mass is 32.2. The van der Waals surface area contributed by atoms with Crippen molar-refractivity contribution in [3.05, 3.63) is 107 Å². The fraction of sp³-hybridized carbons (Fsp3) is 0.0435. The Morgan fingerprint density at radius 1 is 0.839 bits per heavy atom. The number of pyridine rings is 1. The molecule has 1 amide bonds. The Balaban J connectivity index is 1.37. The molecule has 156 valence electrons. The van der Waals surface area contributed by atoms with E-state index >= 15 is 0 Å². The first-order valence-corrected chi connectivity index (χ1v) is 11.8. The highest BCUT2D eigenvalue weighted by molar-refractivity contribution is 7.94. The standard InChI is InChI=1S/C23H19N3O3S2/c27-23(25-20-7-3-17(4-8-20)16-18-11-13-24-14-12-18)19-5-9-21(10-6-19)26-31(28,29)22-2-1-15-30-22/h1-15,26H,16H2,(H,25,27). The van der Waals surface area contributed by atoms with Gasteiger partial charge in [0.05, 0.1) is 0 Å². The number of anilines is 2. The van der Waals surface area contributed by atoms with Crippen LogP contribution in [0.3, 0.4) is 0 Å². The Hall–Kier alpha value is -3.49. The number of rotatable bonds is 7. The van der Waals surface area contributed by atoms with Crippen LogP contribution in [0.15, 0.2) is 94.8 Å². The van der Waals surface area contributed by atoms with Crippen LogP contribution in [0.2, 0.25) is 0 Å². The van der Waals surface area contributed by atoms with Crippen LogP contribution in [0.4, 0.5) is 11.4 Å². The van der Waals surface area contributed by atoms with Gasteiger partial charge in [-0.1, -0.05) is 18.2 Å². The van der Waals surface area contributed by atoms with Crippen molar-refractivity contribution >= 4 is 38.6 Å². The van der Waals surface area contributed by atoms with Crippen LogP contribution >= 0.6 is 11.3 Å². The number of thiophene rings is 1. The molecule has 4 aromatic rings. The molecule has 0 bridgehead atoms. The normalized spacial score (nSPS) is 11.1. The van der Waals surface area contributed by atoms with E-state index in [4.69, 9.17) is 0 Å². The smallest absolute Gasteiger partial charge is 0.271 e. The van der Waals surface area contributed by atoms with Crippen molar-refractivity contribution in [1.82, 2.24) is 4.98 Å². The molecule has 0 aliphatic carbocycles. The Morgan fingerprint density at radius 3 is 2.13 bits per heavy atom. The lowest BCUT2D eigenvalue weighted by Crippen LogP contribution is -2.13. The largest absolute Gasteiger partial charge is 0.322 e. The van der Waals surface area contributed by atoms with E-state index in [9.17, 15) is 13.2 Å². The summed E-state index contributed by atoms with van der Waals surface area (Å²) in [6, 6.07) is 21.1. The minimum absolute atomic E-state index is 0.238. The maximum Gasteiger partial charge on any atom is 0.271 e. The maximum absolute atomic E-state index is 12.5. The molecule has 0 saturated heterocycles. The number of hydrogen-bond acceptors (Lipinski definition) is 5. The maximum atomic E-state index is 12.5. The van der Waals surface area contributed by atoms with Crippen LogP contribution in [0.5, 0.6) is 0 Å². The molecule has 0 aliphatic heterocycles. The Bertz CT molecular complexity index is 1250. The zero-order valence-electron chi connectivity index (χ0n) is 16.4. The second-order valence-electron chi connectivity index (χ2n) is 6.80. The number of benzene rings is 2. The van der Waals surface area contributed by atoms with E-state index in [1.54, 1.807) is 48.1 Å². The van der Waals surface area contributed by atoms with Crippen molar-refractivity contribution < 1.29 is 13.2 Å². The molecule has 8 heteroatoms. The molecule has 4 rings (SSSR count). The third-order valence-electron chi connectivity index (χ3n) is 4.53. The molecule has 0 fully saturated rings. The van der Waals surface area contributed by atoms with Crippen LogP contribution < -0.4 is 10.0 Å². The quantitative estimate of drug-likeness (QED) is 0.425. The van der Waals surface area contributed by atoms with Gasteiger partial charge in [0.15, 0.2) is 0 Å². The highest BCUT2D eigenvalue weighted by Crippen LogP contribution is 2.21. The lowest BCUT2D eigenvalue weighted by atomic mass is 10.1. The molecular formula is C23H19N3O3S2. The van der Waals surface area contributed by atoms with Gasteiger partial charge < -0.3 is 5.32 Å². The van der Waals surface area contributed by atoms with Crippen LogP contribution in [0.1, 0.15) is 21.5 Å². The fourth-order valence-corrected chi connectivity index (χ4v) is 5.01. The van der Waals surface area contributed by atoms with Crippen LogP contribution in [-0.2, 0) is 16.4 Å². The predicted octanol–water partition coefficient (Wildman–Crippen LogP) is 4.79. The molecule has 2 heterocycles. The number of carbonyl (C=O) groups is 1. The minimum Gasteiger partial charge on any atom is -0.322 e. The van der Waals surface area contributed by atoms with Crippen LogP contribution in [-0.4, -0.2) is 19.3 Å². The molecule has 2 aromatic carbocycles. The molecule has 0 aliphatic rings. The van der Waals surface area contributed by atoms with Crippen LogP contribution in [0.25, 0.3) is 0 Å². The zero-order chi connectivity index (χ0) is 21.7. The number of hydrogen-bond donors (Lipinski definition) is 2. The van der Waals surface area contributed by atoms with Gasteiger partial charge in [-0.15, -0.1) is 11.3 Å². The Kier molecular flexibility index (Phi) is 6.11. The molecule has 2 aromatic heterocycles. The third kappa shape index (κ3) is 5.36. The molecule has 2 N–H and O–H groups in total. The van der Waals surface area contributed by atoms with Gasteiger partial charge in [0.1, 0.15) is 4.21 Å². The lowest BCUT2D eigenvalue weighted by molar-refractivity contribution is 0.102. The van der Waals surface area contributed by atoms with E-state index in [0.717, 1.165) is 23.3 Å². The second kappa shape index (κ2) is 9.11. The van der Waals surface area contributed by atoms with E-state index in [2.05, 4.69) is 15.0 Å². The van der Waals surface area contributed by atoms with Gasteiger partial charge >= 0.3 is 0 Å². The van der Waals surface area contributed by atoms with Crippen molar-refractivity contribution in [2.45, 2.75) is 10.6 Å². The van der Waals surface area contributed by atoms with Gasteiger partial charge in [0, 0.05) is 29.3 Å². The average molecular weight is 450 g/mol. The summed E-state index contributed by atoms with van der Waals surface area (Å²) in [6.07, 6.45) is 4.32. The van der Waals surface area contributed by atoms with Crippen molar-refractivity contribution in [3.63, 3.8) is 0 Å². The van der Waals surface area contributed by atoms with Gasteiger partial charge in [-0.2, -0.15) is 0 Å². The van der Waals surface area contributed by atoms with E-state index in [1.807, 2.05) is 36.4 Å². The fourth-order valence-electron chi connectivity index (χ4n) is 2.96. The summed E-state index contributed by atoms with van der Waals surface area (Å²) in [6.45, 7) is 0. The van der Waals surface area contributed by atoms with Gasteiger partial charge in [-0.25, -0.2) is 8.42 Å². The summed E-state index contributed by atoms with van der Waals surface area (Å²) in [5, 5.41) is 4.56. The number of aromatic nitrogens is 1. The second-order valence-corrected chi connectivity index (χ2v) is 9.66. The first kappa shape index (κ1) is 20.8. The minimum atomic E-state index is -3.61. The first-order chi connectivity index (χ1) is 15.0. The van der Waals surface area contributed by atoms with Crippen molar-refractivity contribution in [3.8, 4) is 0 Å². The molecule has 31 heavy (non-hydrogen) atoms. The molecule has 0 spiro atoms. The van der Waals surface area contributed by atoms with Crippen molar-refractivity contribution in [2.24, 2.45) is 0 Å². The summed E-state index contributed by atoms with van der Waals surface area (Å²) in [4.78, 5) is 16.5. The Labute approximate surface area is 184 Å². The summed E-state index contributed by atoms with van der Waals surface area (Å²) < 4.78 is 27.3. The van der Waals surface area contributed by atoms with E-state index in [0.29, 0.717) is 16.9 Å². The molecular weight excluding hydrogens is 430 g/mol.